The van der Waals surface area contributed by atoms with Crippen molar-refractivity contribution < 1.29 is 9.15 Å². The van der Waals surface area contributed by atoms with Crippen LogP contribution in [-0.2, 0) is 6.54 Å². The van der Waals surface area contributed by atoms with Crippen LogP contribution in [0.3, 0.4) is 0 Å². The van der Waals surface area contributed by atoms with Crippen LogP contribution >= 0.6 is 0 Å². The lowest BCUT2D eigenvalue weighted by Crippen LogP contribution is -2.28. The van der Waals surface area contributed by atoms with Gasteiger partial charge in [-0.3, -0.25) is 0 Å². The van der Waals surface area contributed by atoms with E-state index in [-0.39, 0.29) is 6.10 Å². The number of hydrogen-bond acceptors (Lipinski definition) is 3. The molecule has 0 saturated carbocycles. The Morgan fingerprint density at radius 3 is 2.60 bits per heavy atom. The summed E-state index contributed by atoms with van der Waals surface area (Å²) in [6.45, 7) is 7.95. The Morgan fingerprint density at radius 2 is 1.90 bits per heavy atom. The van der Waals surface area contributed by atoms with Crippen LogP contribution in [0.5, 0.6) is 5.75 Å². The molecule has 0 aliphatic carbocycles. The van der Waals surface area contributed by atoms with Crippen molar-refractivity contribution in [3.63, 3.8) is 0 Å². The molecule has 2 rings (SSSR count). The molecule has 3 heteroatoms. The van der Waals surface area contributed by atoms with Gasteiger partial charge in [-0.05, 0) is 36.6 Å². The first kappa shape index (κ1) is 14.7. The summed E-state index contributed by atoms with van der Waals surface area (Å²) >= 11 is 0. The second-order valence-electron chi connectivity index (χ2n) is 5.33. The molecule has 1 atom stereocenters. The maximum Gasteiger partial charge on any atom is 0.123 e. The van der Waals surface area contributed by atoms with Gasteiger partial charge in [-0.25, -0.2) is 0 Å². The molecule has 20 heavy (non-hydrogen) atoms. The van der Waals surface area contributed by atoms with Gasteiger partial charge in [0.1, 0.15) is 17.6 Å². The molecule has 1 unspecified atom stereocenters. The molecular formula is C17H23NO2. The van der Waals surface area contributed by atoms with E-state index in [1.807, 2.05) is 24.3 Å². The SMILES string of the molecule is CC(CNCc1ccco1)Oc1ccccc1C(C)C. The molecule has 0 radical (unpaired) electrons. The van der Waals surface area contributed by atoms with E-state index < -0.39 is 0 Å². The zero-order valence-electron chi connectivity index (χ0n) is 12.4. The average Bonchev–Trinajstić information content (AvgIpc) is 2.92. The summed E-state index contributed by atoms with van der Waals surface area (Å²) in [5.41, 5.74) is 1.25. The molecule has 1 aromatic carbocycles. The molecule has 0 aliphatic rings. The van der Waals surface area contributed by atoms with Gasteiger partial charge in [0.15, 0.2) is 0 Å². The van der Waals surface area contributed by atoms with Crippen LogP contribution in [0.25, 0.3) is 0 Å². The van der Waals surface area contributed by atoms with E-state index in [0.717, 1.165) is 24.6 Å². The monoisotopic (exact) mass is 273 g/mol. The van der Waals surface area contributed by atoms with Gasteiger partial charge in [0.2, 0.25) is 0 Å². The molecule has 1 N–H and O–H groups in total. The van der Waals surface area contributed by atoms with Gasteiger partial charge in [-0.15, -0.1) is 0 Å². The Kier molecular flexibility index (Phi) is 5.24. The smallest absolute Gasteiger partial charge is 0.123 e. The highest BCUT2D eigenvalue weighted by Crippen LogP contribution is 2.26. The predicted octanol–water partition coefficient (Wildman–Crippen LogP) is 3.96. The third kappa shape index (κ3) is 4.14. The van der Waals surface area contributed by atoms with Gasteiger partial charge in [0.05, 0.1) is 12.8 Å². The van der Waals surface area contributed by atoms with Crippen molar-refractivity contribution in [1.29, 1.82) is 0 Å². The minimum absolute atomic E-state index is 0.116. The lowest BCUT2D eigenvalue weighted by atomic mass is 10.0. The second-order valence-corrected chi connectivity index (χ2v) is 5.33. The highest BCUT2D eigenvalue weighted by Gasteiger charge is 2.10. The van der Waals surface area contributed by atoms with E-state index in [1.165, 1.54) is 5.56 Å². The van der Waals surface area contributed by atoms with Crippen LogP contribution in [0, 0.1) is 0 Å². The van der Waals surface area contributed by atoms with Gasteiger partial charge < -0.3 is 14.5 Å². The minimum atomic E-state index is 0.116. The molecule has 0 bridgehead atoms. The molecule has 0 saturated heterocycles. The van der Waals surface area contributed by atoms with Gasteiger partial charge in [0, 0.05) is 6.54 Å². The standard InChI is InChI=1S/C17H23NO2/c1-13(2)16-8-4-5-9-17(16)20-14(3)11-18-12-15-7-6-10-19-15/h4-10,13-14,18H,11-12H2,1-3H3. The summed E-state index contributed by atoms with van der Waals surface area (Å²) in [5, 5.41) is 3.34. The Labute approximate surface area is 121 Å². The molecule has 0 aliphatic heterocycles. The third-order valence-corrected chi connectivity index (χ3v) is 3.18. The lowest BCUT2D eigenvalue weighted by Gasteiger charge is -2.19. The zero-order valence-corrected chi connectivity index (χ0v) is 12.4. The predicted molar refractivity (Wildman–Crippen MR) is 81.0 cm³/mol. The molecule has 2 aromatic rings. The largest absolute Gasteiger partial charge is 0.489 e. The number of ether oxygens (including phenoxy) is 1. The third-order valence-electron chi connectivity index (χ3n) is 3.18. The van der Waals surface area contributed by atoms with Crippen LogP contribution in [-0.4, -0.2) is 12.6 Å². The maximum absolute atomic E-state index is 6.03. The summed E-state index contributed by atoms with van der Waals surface area (Å²) < 4.78 is 11.3. The molecule has 1 aromatic heterocycles. The zero-order chi connectivity index (χ0) is 14.4. The molecule has 0 spiro atoms. The molecule has 1 heterocycles. The second kappa shape index (κ2) is 7.15. The summed E-state index contributed by atoms with van der Waals surface area (Å²) in [7, 11) is 0. The molecule has 0 fully saturated rings. The number of furan rings is 1. The van der Waals surface area contributed by atoms with E-state index in [4.69, 9.17) is 9.15 Å². The van der Waals surface area contributed by atoms with Crippen molar-refractivity contribution in [2.75, 3.05) is 6.54 Å². The van der Waals surface area contributed by atoms with Crippen molar-refractivity contribution in [3.05, 3.63) is 54.0 Å². The van der Waals surface area contributed by atoms with Gasteiger partial charge in [-0.2, -0.15) is 0 Å². The van der Waals surface area contributed by atoms with Crippen LogP contribution in [0.15, 0.2) is 47.1 Å². The van der Waals surface area contributed by atoms with Crippen molar-refractivity contribution in [2.45, 2.75) is 39.3 Å². The Balaban J connectivity index is 1.83. The van der Waals surface area contributed by atoms with E-state index in [0.29, 0.717) is 5.92 Å². The molecule has 0 amide bonds. The highest BCUT2D eigenvalue weighted by atomic mass is 16.5. The first-order valence-electron chi connectivity index (χ1n) is 7.15. The van der Waals surface area contributed by atoms with Crippen LogP contribution in [0.4, 0.5) is 0 Å². The Morgan fingerprint density at radius 1 is 1.10 bits per heavy atom. The number of benzene rings is 1. The first-order chi connectivity index (χ1) is 9.66. The van der Waals surface area contributed by atoms with Crippen LogP contribution in [0.1, 0.15) is 38.0 Å². The van der Waals surface area contributed by atoms with Crippen LogP contribution < -0.4 is 10.1 Å². The van der Waals surface area contributed by atoms with Crippen molar-refractivity contribution >= 4 is 0 Å². The van der Waals surface area contributed by atoms with Gasteiger partial charge in [0.25, 0.3) is 0 Å². The van der Waals surface area contributed by atoms with E-state index in [1.54, 1.807) is 6.26 Å². The summed E-state index contributed by atoms with van der Waals surface area (Å²) in [6.07, 6.45) is 1.81. The molecule has 3 nitrogen and oxygen atoms in total. The van der Waals surface area contributed by atoms with E-state index in [2.05, 4.69) is 38.2 Å². The normalized spacial score (nSPS) is 12.6. The number of hydrogen-bond donors (Lipinski definition) is 1. The fraction of sp³-hybridized carbons (Fsp3) is 0.412. The fourth-order valence-electron chi connectivity index (χ4n) is 2.14. The Hall–Kier alpha value is -1.74. The van der Waals surface area contributed by atoms with Crippen LogP contribution in [0.2, 0.25) is 0 Å². The van der Waals surface area contributed by atoms with Gasteiger partial charge in [-0.1, -0.05) is 32.0 Å². The minimum Gasteiger partial charge on any atom is -0.489 e. The topological polar surface area (TPSA) is 34.4 Å². The molecule has 108 valence electrons. The van der Waals surface area contributed by atoms with Crippen molar-refractivity contribution in [3.8, 4) is 5.75 Å². The van der Waals surface area contributed by atoms with E-state index in [9.17, 15) is 0 Å². The van der Waals surface area contributed by atoms with Gasteiger partial charge >= 0.3 is 0 Å². The fourth-order valence-corrected chi connectivity index (χ4v) is 2.14. The number of para-hydroxylation sites is 1. The first-order valence-corrected chi connectivity index (χ1v) is 7.15. The van der Waals surface area contributed by atoms with Crippen molar-refractivity contribution in [2.24, 2.45) is 0 Å². The quantitative estimate of drug-likeness (QED) is 0.829. The number of nitrogens with one attached hydrogen (secondary N) is 1. The Bertz CT molecular complexity index is 505. The molecular weight excluding hydrogens is 250 g/mol. The highest BCUT2D eigenvalue weighted by molar-refractivity contribution is 5.35. The summed E-state index contributed by atoms with van der Waals surface area (Å²) in [4.78, 5) is 0. The summed E-state index contributed by atoms with van der Waals surface area (Å²) in [6, 6.07) is 12.1. The summed E-state index contributed by atoms with van der Waals surface area (Å²) in [5.74, 6) is 2.39. The lowest BCUT2D eigenvalue weighted by molar-refractivity contribution is 0.213. The number of rotatable bonds is 7. The maximum atomic E-state index is 6.03. The average molecular weight is 273 g/mol. The van der Waals surface area contributed by atoms with E-state index >= 15 is 0 Å². The van der Waals surface area contributed by atoms with Crippen molar-refractivity contribution in [1.82, 2.24) is 5.32 Å².